The monoisotopic (exact) mass is 391 g/mol. The van der Waals surface area contributed by atoms with Crippen molar-refractivity contribution in [2.24, 2.45) is 0 Å². The maximum absolute atomic E-state index is 5.18. The van der Waals surface area contributed by atoms with Gasteiger partial charge in [-0.3, -0.25) is 0 Å². The van der Waals surface area contributed by atoms with Crippen LogP contribution in [-0.2, 0) is 5.75 Å². The standard InChI is InChI=1S/C17H14BrNOS2/c1-20-15-6-2-12(3-7-15)17-19-14(11-22-17)10-21-16-8-4-13(18)5-9-16/h2-9,11H,10H2,1H3. The smallest absolute Gasteiger partial charge is 0.123 e. The first-order valence-corrected chi connectivity index (χ1v) is 9.37. The summed E-state index contributed by atoms with van der Waals surface area (Å²) in [5.74, 6) is 1.75. The van der Waals surface area contributed by atoms with Crippen LogP contribution in [0.3, 0.4) is 0 Å². The third kappa shape index (κ3) is 3.91. The highest BCUT2D eigenvalue weighted by Crippen LogP contribution is 2.29. The van der Waals surface area contributed by atoms with Crippen molar-refractivity contribution in [2.75, 3.05) is 7.11 Å². The quantitative estimate of drug-likeness (QED) is 0.507. The Balaban J connectivity index is 1.66. The molecule has 112 valence electrons. The zero-order chi connectivity index (χ0) is 15.4. The van der Waals surface area contributed by atoms with Crippen molar-refractivity contribution >= 4 is 39.0 Å². The predicted octanol–water partition coefficient (Wildman–Crippen LogP) is 5.87. The molecule has 0 radical (unpaired) electrons. The minimum Gasteiger partial charge on any atom is -0.497 e. The zero-order valence-electron chi connectivity index (χ0n) is 12.0. The molecule has 0 fully saturated rings. The van der Waals surface area contributed by atoms with E-state index in [9.17, 15) is 0 Å². The number of ether oxygens (including phenoxy) is 1. The summed E-state index contributed by atoms with van der Waals surface area (Å²) in [6, 6.07) is 16.4. The van der Waals surface area contributed by atoms with E-state index < -0.39 is 0 Å². The summed E-state index contributed by atoms with van der Waals surface area (Å²) < 4.78 is 6.29. The number of thioether (sulfide) groups is 1. The van der Waals surface area contributed by atoms with Crippen LogP contribution in [0.25, 0.3) is 10.6 Å². The highest BCUT2D eigenvalue weighted by atomic mass is 79.9. The number of halogens is 1. The number of rotatable bonds is 5. The molecule has 2 aromatic carbocycles. The van der Waals surface area contributed by atoms with Crippen LogP contribution in [-0.4, -0.2) is 12.1 Å². The summed E-state index contributed by atoms with van der Waals surface area (Å²) >= 11 is 6.93. The summed E-state index contributed by atoms with van der Waals surface area (Å²) in [6.07, 6.45) is 0. The van der Waals surface area contributed by atoms with Crippen molar-refractivity contribution in [3.8, 4) is 16.3 Å². The van der Waals surface area contributed by atoms with Gasteiger partial charge in [0.25, 0.3) is 0 Å². The number of aromatic nitrogens is 1. The summed E-state index contributed by atoms with van der Waals surface area (Å²) in [6.45, 7) is 0. The summed E-state index contributed by atoms with van der Waals surface area (Å²) in [5, 5.41) is 3.18. The van der Waals surface area contributed by atoms with Crippen molar-refractivity contribution in [1.82, 2.24) is 4.98 Å². The van der Waals surface area contributed by atoms with Crippen LogP contribution in [0.4, 0.5) is 0 Å². The molecule has 0 amide bonds. The number of hydrogen-bond acceptors (Lipinski definition) is 4. The molecule has 1 aromatic heterocycles. The number of hydrogen-bond donors (Lipinski definition) is 0. The van der Waals surface area contributed by atoms with Gasteiger partial charge in [-0.25, -0.2) is 4.98 Å². The first-order valence-electron chi connectivity index (χ1n) is 6.72. The van der Waals surface area contributed by atoms with E-state index >= 15 is 0 Å². The Hall–Kier alpha value is -1.30. The van der Waals surface area contributed by atoms with Crippen molar-refractivity contribution < 1.29 is 4.74 Å². The average Bonchev–Trinajstić information content (AvgIpc) is 3.03. The van der Waals surface area contributed by atoms with E-state index in [4.69, 9.17) is 9.72 Å². The first-order chi connectivity index (χ1) is 10.7. The lowest BCUT2D eigenvalue weighted by Crippen LogP contribution is -1.84. The van der Waals surface area contributed by atoms with E-state index in [-0.39, 0.29) is 0 Å². The maximum atomic E-state index is 5.18. The molecule has 5 heteroatoms. The van der Waals surface area contributed by atoms with Gasteiger partial charge in [0.2, 0.25) is 0 Å². The highest BCUT2D eigenvalue weighted by Gasteiger charge is 2.06. The predicted molar refractivity (Wildman–Crippen MR) is 97.8 cm³/mol. The van der Waals surface area contributed by atoms with E-state index in [1.165, 1.54) is 4.90 Å². The van der Waals surface area contributed by atoms with Crippen LogP contribution in [0.15, 0.2) is 63.3 Å². The number of thiazole rings is 1. The molecular weight excluding hydrogens is 378 g/mol. The van der Waals surface area contributed by atoms with Crippen molar-refractivity contribution in [3.05, 3.63) is 64.1 Å². The third-order valence-electron chi connectivity index (χ3n) is 3.09. The van der Waals surface area contributed by atoms with Gasteiger partial charge in [0.15, 0.2) is 0 Å². The molecule has 0 saturated carbocycles. The van der Waals surface area contributed by atoms with Gasteiger partial charge in [-0.2, -0.15) is 0 Å². The Bertz CT molecular complexity index is 738. The Morgan fingerprint density at radius 2 is 1.82 bits per heavy atom. The molecule has 3 aromatic rings. The van der Waals surface area contributed by atoms with Crippen molar-refractivity contribution in [3.63, 3.8) is 0 Å². The molecule has 22 heavy (non-hydrogen) atoms. The fourth-order valence-corrected chi connectivity index (χ4v) is 3.91. The van der Waals surface area contributed by atoms with Crippen LogP contribution in [0, 0.1) is 0 Å². The molecule has 0 unspecified atom stereocenters. The molecule has 0 saturated heterocycles. The second-order valence-corrected chi connectivity index (χ2v) is 7.44. The molecule has 3 rings (SSSR count). The van der Waals surface area contributed by atoms with Crippen molar-refractivity contribution in [1.29, 1.82) is 0 Å². The van der Waals surface area contributed by atoms with Crippen LogP contribution < -0.4 is 4.74 Å². The van der Waals surface area contributed by atoms with E-state index in [1.807, 2.05) is 24.3 Å². The lowest BCUT2D eigenvalue weighted by Gasteiger charge is -2.01. The summed E-state index contributed by atoms with van der Waals surface area (Å²) in [4.78, 5) is 5.97. The maximum Gasteiger partial charge on any atom is 0.123 e. The zero-order valence-corrected chi connectivity index (χ0v) is 15.2. The summed E-state index contributed by atoms with van der Waals surface area (Å²) in [5.41, 5.74) is 2.24. The number of benzene rings is 2. The van der Waals surface area contributed by atoms with E-state index in [0.717, 1.165) is 32.2 Å². The molecule has 0 spiro atoms. The second-order valence-electron chi connectivity index (χ2n) is 4.62. The molecule has 2 nitrogen and oxygen atoms in total. The van der Waals surface area contributed by atoms with Gasteiger partial charge in [-0.1, -0.05) is 15.9 Å². The van der Waals surface area contributed by atoms with Crippen LogP contribution in [0.5, 0.6) is 5.75 Å². The minimum atomic E-state index is 0.867. The summed E-state index contributed by atoms with van der Waals surface area (Å²) in [7, 11) is 1.68. The fraction of sp³-hybridized carbons (Fsp3) is 0.118. The van der Waals surface area contributed by atoms with Gasteiger partial charge in [0, 0.05) is 26.1 Å². The van der Waals surface area contributed by atoms with Crippen LogP contribution in [0.2, 0.25) is 0 Å². The molecular formula is C17H14BrNOS2. The molecule has 0 atom stereocenters. The molecule has 0 N–H and O–H groups in total. The third-order valence-corrected chi connectivity index (χ3v) is 5.60. The molecule has 0 aliphatic heterocycles. The Morgan fingerprint density at radius 1 is 1.09 bits per heavy atom. The van der Waals surface area contributed by atoms with Gasteiger partial charge < -0.3 is 4.74 Å². The molecule has 0 aliphatic carbocycles. The molecule has 0 aliphatic rings. The topological polar surface area (TPSA) is 22.1 Å². The fourth-order valence-electron chi connectivity index (χ4n) is 1.93. The lowest BCUT2D eigenvalue weighted by atomic mass is 10.2. The van der Waals surface area contributed by atoms with Gasteiger partial charge in [0.1, 0.15) is 10.8 Å². The number of nitrogens with zero attached hydrogens (tertiary/aromatic N) is 1. The van der Waals surface area contributed by atoms with Gasteiger partial charge in [0.05, 0.1) is 12.8 Å². The molecule has 1 heterocycles. The molecule has 0 bridgehead atoms. The largest absolute Gasteiger partial charge is 0.497 e. The van der Waals surface area contributed by atoms with Crippen LogP contribution >= 0.6 is 39.0 Å². The average molecular weight is 392 g/mol. The normalized spacial score (nSPS) is 10.6. The minimum absolute atomic E-state index is 0.867. The first kappa shape index (κ1) is 15.6. The van der Waals surface area contributed by atoms with Crippen LogP contribution in [0.1, 0.15) is 5.69 Å². The van der Waals surface area contributed by atoms with Crippen molar-refractivity contribution in [2.45, 2.75) is 10.6 Å². The van der Waals surface area contributed by atoms with E-state index in [2.05, 4.69) is 45.6 Å². The van der Waals surface area contributed by atoms with E-state index in [1.54, 1.807) is 30.2 Å². The van der Waals surface area contributed by atoms with Gasteiger partial charge in [-0.05, 0) is 48.5 Å². The Labute approximate surface area is 146 Å². The lowest BCUT2D eigenvalue weighted by molar-refractivity contribution is 0.415. The van der Waals surface area contributed by atoms with Gasteiger partial charge in [-0.15, -0.1) is 23.1 Å². The Morgan fingerprint density at radius 3 is 2.50 bits per heavy atom. The SMILES string of the molecule is COc1ccc(-c2nc(CSc3ccc(Br)cc3)cs2)cc1. The number of methoxy groups -OCH3 is 1. The van der Waals surface area contributed by atoms with E-state index in [0.29, 0.717) is 0 Å². The highest BCUT2D eigenvalue weighted by molar-refractivity contribution is 9.10. The Kier molecular flexibility index (Phi) is 5.18. The second kappa shape index (κ2) is 7.31. The van der Waals surface area contributed by atoms with Gasteiger partial charge >= 0.3 is 0 Å².